The number of carbonyl (C=O) groups is 7. The molecule has 3 aromatic rings. The van der Waals surface area contributed by atoms with Crippen molar-refractivity contribution in [1.82, 2.24) is 26.6 Å². The summed E-state index contributed by atoms with van der Waals surface area (Å²) in [6.45, 7) is 4.13. The van der Waals surface area contributed by atoms with E-state index in [9.17, 15) is 48.8 Å². The maximum Gasteiger partial charge on any atom is 0.328 e. The summed E-state index contributed by atoms with van der Waals surface area (Å²) in [4.78, 5) is 101. The Kier molecular flexibility index (Phi) is 24.0. The van der Waals surface area contributed by atoms with Gasteiger partial charge in [-0.05, 0) is 59.1 Å². The SMILES string of the molecule is CC[C@@H](C)[C@H](NC(=O)CCCCCCCCCCCNC(=O)[C@H](Cc1ccc(O)c([N+](=O)[O-])c1)NC(=O)[C@H](CC1CCCCC1)NC(=O)/C=C/C(=O)O)C(=O)N[C@@H](Cc1cccc2ccccc12)C(N)=O. The fourth-order valence-electron chi connectivity index (χ4n) is 9.02. The summed E-state index contributed by atoms with van der Waals surface area (Å²) in [5.74, 6) is -5.20. The average molecular weight is 984 g/mol. The van der Waals surface area contributed by atoms with Crippen LogP contribution in [0.15, 0.2) is 72.8 Å². The summed E-state index contributed by atoms with van der Waals surface area (Å²) in [6, 6.07) is 13.3. The average Bonchev–Trinajstić information content (AvgIpc) is 3.35. The van der Waals surface area contributed by atoms with Crippen molar-refractivity contribution in [2.24, 2.45) is 17.6 Å². The Morgan fingerprint density at radius 1 is 0.746 bits per heavy atom. The fourth-order valence-corrected chi connectivity index (χ4v) is 9.02. The molecule has 386 valence electrons. The van der Waals surface area contributed by atoms with Gasteiger partial charge in [0.25, 0.3) is 0 Å². The van der Waals surface area contributed by atoms with Crippen LogP contribution in [0, 0.1) is 22.0 Å². The highest BCUT2D eigenvalue weighted by Gasteiger charge is 2.31. The number of nitrogens with zero attached hydrogens (tertiary/aromatic N) is 1. The number of hydrogen-bond donors (Lipinski definition) is 8. The van der Waals surface area contributed by atoms with Gasteiger partial charge in [-0.1, -0.05) is 146 Å². The third kappa shape index (κ3) is 19.8. The van der Waals surface area contributed by atoms with Gasteiger partial charge in [-0.3, -0.25) is 38.9 Å². The van der Waals surface area contributed by atoms with Crippen molar-refractivity contribution >= 4 is 57.9 Å². The molecule has 0 saturated heterocycles. The number of rotatable bonds is 31. The molecule has 18 heteroatoms. The van der Waals surface area contributed by atoms with Crippen LogP contribution in [0.1, 0.15) is 134 Å². The molecule has 6 amide bonds. The predicted molar refractivity (Wildman–Crippen MR) is 270 cm³/mol. The summed E-state index contributed by atoms with van der Waals surface area (Å²) in [6.07, 6.45) is 15.3. The van der Waals surface area contributed by atoms with Gasteiger partial charge in [-0.15, -0.1) is 0 Å². The first-order valence-corrected chi connectivity index (χ1v) is 25.2. The molecule has 9 N–H and O–H groups in total. The van der Waals surface area contributed by atoms with E-state index < -0.39 is 76.0 Å². The lowest BCUT2D eigenvalue weighted by Crippen LogP contribution is -2.55. The number of hydrogen-bond acceptors (Lipinski definition) is 10. The van der Waals surface area contributed by atoms with Crippen LogP contribution in [-0.4, -0.2) is 87.3 Å². The van der Waals surface area contributed by atoms with Crippen LogP contribution in [0.2, 0.25) is 0 Å². The second kappa shape index (κ2) is 30.0. The van der Waals surface area contributed by atoms with Crippen molar-refractivity contribution < 1.29 is 48.7 Å². The monoisotopic (exact) mass is 984 g/mol. The fraction of sp³-hybridized carbons (Fsp3) is 0.528. The number of nitrogens with one attached hydrogen (secondary N) is 5. The molecule has 18 nitrogen and oxygen atoms in total. The molecule has 0 aromatic heterocycles. The van der Waals surface area contributed by atoms with E-state index in [1.807, 2.05) is 56.3 Å². The summed E-state index contributed by atoms with van der Waals surface area (Å²) < 4.78 is 0. The van der Waals surface area contributed by atoms with Crippen molar-refractivity contribution in [3.05, 3.63) is 94.1 Å². The van der Waals surface area contributed by atoms with E-state index in [1.54, 1.807) is 0 Å². The molecule has 1 aliphatic carbocycles. The molecular weight excluding hydrogens is 911 g/mol. The standard InChI is InChI=1S/C53H73N7O11/c1-3-35(2)49(53(69)57-41(50(54)66)34-39-23-18-22-38-21-15-16-24-40(38)39)59-46(62)25-14-9-7-5-4-6-8-10-17-30-55-51(67)42(32-37-26-27-45(61)44(33-37)60(70)71)58-52(68)43(31-36-19-12-11-13-20-36)56-47(63)28-29-48(64)65/h15-16,18,21-24,26-29,33,35-36,41-43,49,61H,3-14,17,19-20,25,30-32,34H2,1-2H3,(H2,54,66)(H,55,67)(H,56,63)(H,57,69)(H,58,68)(H,59,62)(H,64,65)/b29-28+/t35-,41+,42+,43+,49+/m1/s1. The molecule has 0 spiro atoms. The number of carboxylic acids is 1. The molecule has 1 fully saturated rings. The number of amides is 6. The van der Waals surface area contributed by atoms with Crippen LogP contribution < -0.4 is 32.3 Å². The van der Waals surface area contributed by atoms with Gasteiger partial charge < -0.3 is 42.5 Å². The Balaban J connectivity index is 1.19. The normalized spacial score (nSPS) is 14.9. The highest BCUT2D eigenvalue weighted by atomic mass is 16.6. The number of phenolic OH excluding ortho intramolecular Hbond substituents is 1. The summed E-state index contributed by atoms with van der Waals surface area (Å²) in [7, 11) is 0. The lowest BCUT2D eigenvalue weighted by molar-refractivity contribution is -0.385. The van der Waals surface area contributed by atoms with E-state index in [1.165, 1.54) is 6.07 Å². The molecule has 4 rings (SSSR count). The first-order valence-electron chi connectivity index (χ1n) is 25.2. The van der Waals surface area contributed by atoms with Gasteiger partial charge in [0.1, 0.15) is 24.2 Å². The minimum Gasteiger partial charge on any atom is -0.502 e. The minimum absolute atomic E-state index is 0.129. The van der Waals surface area contributed by atoms with Crippen molar-refractivity contribution in [1.29, 1.82) is 0 Å². The molecule has 1 aliphatic rings. The van der Waals surface area contributed by atoms with Crippen molar-refractivity contribution in [2.45, 2.75) is 160 Å². The number of nitro groups is 1. The molecule has 0 unspecified atom stereocenters. The van der Waals surface area contributed by atoms with Crippen LogP contribution in [0.4, 0.5) is 5.69 Å². The van der Waals surface area contributed by atoms with Crippen LogP contribution in [0.5, 0.6) is 5.75 Å². The molecule has 0 radical (unpaired) electrons. The van der Waals surface area contributed by atoms with E-state index in [2.05, 4.69) is 26.6 Å². The van der Waals surface area contributed by atoms with Gasteiger partial charge in [0.05, 0.1) is 4.92 Å². The van der Waals surface area contributed by atoms with E-state index in [-0.39, 0.29) is 43.4 Å². The number of aliphatic carboxylic acids is 1. The molecule has 71 heavy (non-hydrogen) atoms. The maximum atomic E-state index is 13.8. The van der Waals surface area contributed by atoms with E-state index in [0.717, 1.165) is 112 Å². The minimum atomic E-state index is -1.33. The van der Waals surface area contributed by atoms with Crippen molar-refractivity contribution in [3.8, 4) is 5.75 Å². The number of carboxylic acid groups (broad SMARTS) is 1. The molecule has 5 atom stereocenters. The Bertz CT molecular complexity index is 2310. The lowest BCUT2D eigenvalue weighted by Gasteiger charge is -2.28. The Morgan fingerprint density at radius 2 is 1.39 bits per heavy atom. The first kappa shape index (κ1) is 56.7. The number of phenols is 1. The van der Waals surface area contributed by atoms with E-state index >= 15 is 0 Å². The zero-order chi connectivity index (χ0) is 51.7. The largest absolute Gasteiger partial charge is 0.502 e. The Morgan fingerprint density at radius 3 is 2.06 bits per heavy atom. The molecule has 0 bridgehead atoms. The number of aromatic hydroxyl groups is 1. The number of unbranched alkanes of at least 4 members (excludes halogenated alkanes) is 8. The quantitative estimate of drug-likeness (QED) is 0.0152. The lowest BCUT2D eigenvalue weighted by atomic mass is 9.84. The second-order valence-electron chi connectivity index (χ2n) is 18.8. The van der Waals surface area contributed by atoms with Gasteiger partial charge in [0.15, 0.2) is 5.75 Å². The number of fused-ring (bicyclic) bond motifs is 1. The maximum absolute atomic E-state index is 13.8. The van der Waals surface area contributed by atoms with Gasteiger partial charge >= 0.3 is 11.7 Å². The van der Waals surface area contributed by atoms with E-state index in [0.29, 0.717) is 37.4 Å². The number of primary amides is 1. The van der Waals surface area contributed by atoms with Crippen LogP contribution in [-0.2, 0) is 46.4 Å². The molecular formula is C53H73N7O11. The smallest absolute Gasteiger partial charge is 0.328 e. The number of nitrogens with two attached hydrogens (primary N) is 1. The van der Waals surface area contributed by atoms with Gasteiger partial charge in [0.2, 0.25) is 35.4 Å². The van der Waals surface area contributed by atoms with Crippen molar-refractivity contribution in [3.63, 3.8) is 0 Å². The topological polar surface area (TPSA) is 289 Å². The van der Waals surface area contributed by atoms with Crippen LogP contribution >= 0.6 is 0 Å². The first-order chi connectivity index (χ1) is 34.1. The third-order valence-corrected chi connectivity index (χ3v) is 13.3. The summed E-state index contributed by atoms with van der Waals surface area (Å²) in [5.41, 5.74) is 6.39. The van der Waals surface area contributed by atoms with Gasteiger partial charge in [-0.25, -0.2) is 4.79 Å². The summed E-state index contributed by atoms with van der Waals surface area (Å²) >= 11 is 0. The Hall–Kier alpha value is -6.85. The van der Waals surface area contributed by atoms with Crippen LogP contribution in [0.25, 0.3) is 10.8 Å². The predicted octanol–water partition coefficient (Wildman–Crippen LogP) is 6.34. The number of nitro benzene ring substituents is 1. The van der Waals surface area contributed by atoms with E-state index in [4.69, 9.17) is 10.8 Å². The summed E-state index contributed by atoms with van der Waals surface area (Å²) in [5, 5.41) is 46.4. The van der Waals surface area contributed by atoms with Crippen molar-refractivity contribution in [2.75, 3.05) is 6.54 Å². The molecule has 0 aliphatic heterocycles. The molecule has 0 heterocycles. The number of benzene rings is 3. The molecule has 3 aromatic carbocycles. The zero-order valence-corrected chi connectivity index (χ0v) is 41.1. The highest BCUT2D eigenvalue weighted by molar-refractivity contribution is 5.98. The second-order valence-corrected chi connectivity index (χ2v) is 18.8. The number of carbonyl (C=O) groups excluding carboxylic acids is 6. The highest BCUT2D eigenvalue weighted by Crippen LogP contribution is 2.29. The van der Waals surface area contributed by atoms with Gasteiger partial charge in [0, 0.05) is 44.0 Å². The van der Waals surface area contributed by atoms with Crippen LogP contribution in [0.3, 0.4) is 0 Å². The third-order valence-electron chi connectivity index (χ3n) is 13.3. The Labute approximate surface area is 415 Å². The van der Waals surface area contributed by atoms with Gasteiger partial charge in [-0.2, -0.15) is 0 Å². The molecule has 1 saturated carbocycles. The zero-order valence-electron chi connectivity index (χ0n) is 41.1.